The van der Waals surface area contributed by atoms with Crippen LogP contribution in [0.5, 0.6) is 11.5 Å². The lowest BCUT2D eigenvalue weighted by atomic mass is 10.0. The molecule has 3 aromatic rings. The summed E-state index contributed by atoms with van der Waals surface area (Å²) < 4.78 is 11.2. The van der Waals surface area contributed by atoms with E-state index in [-0.39, 0.29) is 11.4 Å². The van der Waals surface area contributed by atoms with Gasteiger partial charge >= 0.3 is 0 Å². The van der Waals surface area contributed by atoms with Crippen LogP contribution in [0, 0.1) is 0 Å². The summed E-state index contributed by atoms with van der Waals surface area (Å²) in [6.45, 7) is 1.18. The predicted octanol–water partition coefficient (Wildman–Crippen LogP) is 2.26. The minimum absolute atomic E-state index is 0.0101. The number of carbonyl (C=O) groups excluding carboxylic acids is 1. The van der Waals surface area contributed by atoms with Gasteiger partial charge in [-0.15, -0.1) is 10.2 Å². The molecule has 7 heteroatoms. The minimum Gasteiger partial charge on any atom is -0.486 e. The van der Waals surface area contributed by atoms with Gasteiger partial charge < -0.3 is 20.9 Å². The van der Waals surface area contributed by atoms with E-state index in [0.717, 1.165) is 36.3 Å². The normalized spacial score (nSPS) is 12.9. The maximum atomic E-state index is 11.4. The van der Waals surface area contributed by atoms with Crippen LogP contribution in [0.25, 0.3) is 10.9 Å². The predicted molar refractivity (Wildman–Crippen MR) is 102 cm³/mol. The number of hydrogen-bond acceptors (Lipinski definition) is 6. The van der Waals surface area contributed by atoms with E-state index in [1.165, 1.54) is 5.56 Å². The summed E-state index contributed by atoms with van der Waals surface area (Å²) in [5, 5.41) is 8.78. The van der Waals surface area contributed by atoms with E-state index >= 15 is 0 Å². The number of anilines is 1. The van der Waals surface area contributed by atoms with Gasteiger partial charge in [-0.25, -0.2) is 0 Å². The van der Waals surface area contributed by atoms with Gasteiger partial charge in [0.1, 0.15) is 13.2 Å². The molecule has 0 atom stereocenters. The number of ether oxygens (including phenoxy) is 2. The smallest absolute Gasteiger partial charge is 0.271 e. The molecule has 138 valence electrons. The maximum Gasteiger partial charge on any atom is 0.271 e. The van der Waals surface area contributed by atoms with E-state index in [1.807, 2.05) is 30.3 Å². The molecule has 0 saturated carbocycles. The van der Waals surface area contributed by atoms with Gasteiger partial charge in [-0.3, -0.25) is 4.79 Å². The molecular formula is C20H20N4O3. The van der Waals surface area contributed by atoms with Gasteiger partial charge in [-0.1, -0.05) is 24.3 Å². The number of primary amides is 1. The Kier molecular flexibility index (Phi) is 4.50. The molecule has 4 N–H and O–H groups in total. The van der Waals surface area contributed by atoms with Gasteiger partial charge in [-0.05, 0) is 42.5 Å². The van der Waals surface area contributed by atoms with Crippen LogP contribution in [-0.2, 0) is 12.8 Å². The third-order valence-corrected chi connectivity index (χ3v) is 4.67. The molecule has 1 amide bonds. The van der Waals surface area contributed by atoms with Crippen molar-refractivity contribution in [3.05, 3.63) is 53.2 Å². The fourth-order valence-corrected chi connectivity index (χ4v) is 3.32. The number of fused-ring (bicyclic) bond motifs is 2. The number of aryl methyl sites for hydroxylation is 2. The van der Waals surface area contributed by atoms with E-state index in [0.29, 0.717) is 24.1 Å². The summed E-state index contributed by atoms with van der Waals surface area (Å²) in [7, 11) is 0. The SMILES string of the molecule is NC(=O)c1nnc2c(CCCc3ccc4c(c3)OCCO4)cccc2c1N. The lowest BCUT2D eigenvalue weighted by Crippen LogP contribution is -2.17. The third-order valence-electron chi connectivity index (χ3n) is 4.67. The number of aromatic nitrogens is 2. The van der Waals surface area contributed by atoms with Crippen LogP contribution in [0.3, 0.4) is 0 Å². The van der Waals surface area contributed by atoms with Crippen LogP contribution in [0.2, 0.25) is 0 Å². The number of nitrogens with zero attached hydrogens (tertiary/aromatic N) is 2. The highest BCUT2D eigenvalue weighted by Gasteiger charge is 2.15. The number of amides is 1. The summed E-state index contributed by atoms with van der Waals surface area (Å²) >= 11 is 0. The highest BCUT2D eigenvalue weighted by molar-refractivity contribution is 6.04. The largest absolute Gasteiger partial charge is 0.486 e. The lowest BCUT2D eigenvalue weighted by Gasteiger charge is -2.18. The zero-order valence-electron chi connectivity index (χ0n) is 14.8. The Hall–Kier alpha value is -3.35. The molecule has 0 bridgehead atoms. The molecule has 0 unspecified atom stereocenters. The molecule has 4 rings (SSSR count). The van der Waals surface area contributed by atoms with Crippen molar-refractivity contribution in [2.75, 3.05) is 18.9 Å². The summed E-state index contributed by atoms with van der Waals surface area (Å²) in [5.41, 5.74) is 14.6. The Labute approximate surface area is 156 Å². The van der Waals surface area contributed by atoms with Crippen LogP contribution >= 0.6 is 0 Å². The number of carbonyl (C=O) groups is 1. The Morgan fingerprint density at radius 3 is 2.67 bits per heavy atom. The number of rotatable bonds is 5. The first-order valence-electron chi connectivity index (χ1n) is 8.85. The van der Waals surface area contributed by atoms with Crippen molar-refractivity contribution in [1.29, 1.82) is 0 Å². The van der Waals surface area contributed by atoms with Crippen molar-refractivity contribution in [1.82, 2.24) is 10.2 Å². The fourth-order valence-electron chi connectivity index (χ4n) is 3.32. The van der Waals surface area contributed by atoms with Crippen LogP contribution in [0.4, 0.5) is 5.69 Å². The van der Waals surface area contributed by atoms with Gasteiger partial charge in [-0.2, -0.15) is 0 Å². The maximum absolute atomic E-state index is 11.4. The molecule has 2 aromatic carbocycles. The highest BCUT2D eigenvalue weighted by Crippen LogP contribution is 2.31. The first-order valence-corrected chi connectivity index (χ1v) is 8.85. The Bertz CT molecular complexity index is 1020. The van der Waals surface area contributed by atoms with Gasteiger partial charge in [0.25, 0.3) is 5.91 Å². The topological polar surface area (TPSA) is 113 Å². The summed E-state index contributed by atoms with van der Waals surface area (Å²) in [4.78, 5) is 11.4. The van der Waals surface area contributed by atoms with E-state index in [9.17, 15) is 4.79 Å². The van der Waals surface area contributed by atoms with Crippen LogP contribution in [-0.4, -0.2) is 29.3 Å². The molecule has 0 fully saturated rings. The average Bonchev–Trinajstić information content (AvgIpc) is 2.68. The van der Waals surface area contributed by atoms with Crippen molar-refractivity contribution in [3.8, 4) is 11.5 Å². The van der Waals surface area contributed by atoms with Crippen molar-refractivity contribution < 1.29 is 14.3 Å². The second-order valence-corrected chi connectivity index (χ2v) is 6.47. The molecular weight excluding hydrogens is 344 g/mol. The summed E-state index contributed by atoms with van der Waals surface area (Å²) in [6.07, 6.45) is 2.64. The Balaban J connectivity index is 1.51. The van der Waals surface area contributed by atoms with Crippen molar-refractivity contribution in [2.45, 2.75) is 19.3 Å². The zero-order valence-corrected chi connectivity index (χ0v) is 14.8. The number of nitrogens with two attached hydrogens (primary N) is 2. The zero-order chi connectivity index (χ0) is 18.8. The molecule has 0 aliphatic carbocycles. The summed E-state index contributed by atoms with van der Waals surface area (Å²) in [6, 6.07) is 11.8. The van der Waals surface area contributed by atoms with Crippen LogP contribution < -0.4 is 20.9 Å². The summed E-state index contributed by atoms with van der Waals surface area (Å²) in [5.74, 6) is 0.933. The average molecular weight is 364 g/mol. The molecule has 0 spiro atoms. The second-order valence-electron chi connectivity index (χ2n) is 6.47. The standard InChI is InChI=1S/C20H20N4O3/c21-17-14-6-2-5-13(18(14)23-24-19(17)20(22)25)4-1-3-12-7-8-15-16(11-12)27-10-9-26-15/h2,5-8,11H,1,3-4,9-10H2,(H2,21,23)(H2,22,25). The number of benzene rings is 2. The molecule has 7 nitrogen and oxygen atoms in total. The van der Waals surface area contributed by atoms with E-state index in [1.54, 1.807) is 0 Å². The molecule has 2 heterocycles. The first-order chi connectivity index (χ1) is 13.1. The molecule has 0 saturated heterocycles. The molecule has 1 aliphatic rings. The van der Waals surface area contributed by atoms with E-state index < -0.39 is 5.91 Å². The molecule has 0 radical (unpaired) electrons. The van der Waals surface area contributed by atoms with Gasteiger partial charge in [0.05, 0.1) is 11.2 Å². The van der Waals surface area contributed by atoms with E-state index in [4.69, 9.17) is 20.9 Å². The highest BCUT2D eigenvalue weighted by atomic mass is 16.6. The quantitative estimate of drug-likeness (QED) is 0.718. The van der Waals surface area contributed by atoms with Gasteiger partial charge in [0.2, 0.25) is 0 Å². The van der Waals surface area contributed by atoms with Gasteiger partial charge in [0.15, 0.2) is 17.2 Å². The van der Waals surface area contributed by atoms with E-state index in [2.05, 4.69) is 16.3 Å². The number of hydrogen-bond donors (Lipinski definition) is 2. The first kappa shape index (κ1) is 17.1. The lowest BCUT2D eigenvalue weighted by molar-refractivity contribution is 0.0996. The Morgan fingerprint density at radius 1 is 1.04 bits per heavy atom. The van der Waals surface area contributed by atoms with Crippen LogP contribution in [0.15, 0.2) is 36.4 Å². The third kappa shape index (κ3) is 3.36. The van der Waals surface area contributed by atoms with Gasteiger partial charge in [0, 0.05) is 5.39 Å². The molecule has 27 heavy (non-hydrogen) atoms. The molecule has 1 aromatic heterocycles. The number of nitrogen functional groups attached to an aromatic ring is 1. The van der Waals surface area contributed by atoms with Crippen LogP contribution in [0.1, 0.15) is 28.0 Å². The molecule has 1 aliphatic heterocycles. The second kappa shape index (κ2) is 7.11. The fraction of sp³-hybridized carbons (Fsp3) is 0.250. The van der Waals surface area contributed by atoms with Crippen molar-refractivity contribution in [3.63, 3.8) is 0 Å². The van der Waals surface area contributed by atoms with Crippen molar-refractivity contribution >= 4 is 22.5 Å². The Morgan fingerprint density at radius 2 is 1.85 bits per heavy atom. The van der Waals surface area contributed by atoms with Crippen molar-refractivity contribution in [2.24, 2.45) is 5.73 Å². The monoisotopic (exact) mass is 364 g/mol. The minimum atomic E-state index is -0.675.